The first kappa shape index (κ1) is 14.0. The molecule has 20 heavy (non-hydrogen) atoms. The minimum atomic E-state index is -0.656. The highest BCUT2D eigenvalue weighted by atomic mass is 19.1. The predicted octanol–water partition coefficient (Wildman–Crippen LogP) is 1.84. The first-order chi connectivity index (χ1) is 9.54. The van der Waals surface area contributed by atoms with Crippen molar-refractivity contribution in [1.82, 2.24) is 10.6 Å². The molecule has 104 valence electrons. The van der Waals surface area contributed by atoms with E-state index < -0.39 is 11.9 Å². The molecule has 0 aliphatic carbocycles. The van der Waals surface area contributed by atoms with Gasteiger partial charge in [0.25, 0.3) is 5.91 Å². The lowest BCUT2D eigenvalue weighted by Gasteiger charge is -2.13. The highest BCUT2D eigenvalue weighted by molar-refractivity contribution is 6.08. The Bertz CT molecular complexity index is 670. The van der Waals surface area contributed by atoms with E-state index in [-0.39, 0.29) is 11.7 Å². The largest absolute Gasteiger partial charge is 0.357 e. The highest BCUT2D eigenvalue weighted by Gasteiger charge is 2.17. The van der Waals surface area contributed by atoms with Gasteiger partial charge in [0.05, 0.1) is 0 Å². The fourth-order valence-electron chi connectivity index (χ4n) is 2.02. The average molecular weight is 274 g/mol. The van der Waals surface area contributed by atoms with Gasteiger partial charge < -0.3 is 10.6 Å². The number of hydrogen-bond acceptors (Lipinski definition) is 2. The lowest BCUT2D eigenvalue weighted by Crippen LogP contribution is -2.43. The molecule has 0 aliphatic rings. The lowest BCUT2D eigenvalue weighted by molar-refractivity contribution is -0.122. The molecule has 2 rings (SSSR count). The van der Waals surface area contributed by atoms with Crippen molar-refractivity contribution in [3.63, 3.8) is 0 Å². The topological polar surface area (TPSA) is 58.2 Å². The van der Waals surface area contributed by atoms with Crippen LogP contribution in [0, 0.1) is 5.82 Å². The number of carbonyl (C=O) groups excluding carboxylic acids is 2. The van der Waals surface area contributed by atoms with Gasteiger partial charge >= 0.3 is 0 Å². The number of likely N-dealkylation sites (N-methyl/N-ethyl adjacent to an activating group) is 1. The zero-order valence-corrected chi connectivity index (χ0v) is 11.2. The standard InChI is InChI=1S/C15H15FN2O2/c1-9(14(19)17-2)18-15(20)12-7-8-13(16)11-6-4-3-5-10(11)12/h3-9H,1-2H3,(H,17,19)(H,18,20). The molecular weight excluding hydrogens is 259 g/mol. The molecule has 0 saturated heterocycles. The van der Waals surface area contributed by atoms with Crippen LogP contribution in [0.15, 0.2) is 36.4 Å². The number of halogens is 1. The van der Waals surface area contributed by atoms with Crippen LogP contribution < -0.4 is 10.6 Å². The zero-order valence-electron chi connectivity index (χ0n) is 11.2. The number of rotatable bonds is 3. The Kier molecular flexibility index (Phi) is 3.98. The van der Waals surface area contributed by atoms with Gasteiger partial charge in [0, 0.05) is 18.0 Å². The summed E-state index contributed by atoms with van der Waals surface area (Å²) in [4.78, 5) is 23.6. The molecule has 0 aromatic heterocycles. The number of fused-ring (bicyclic) bond motifs is 1. The highest BCUT2D eigenvalue weighted by Crippen LogP contribution is 2.21. The van der Waals surface area contributed by atoms with Crippen molar-refractivity contribution in [2.45, 2.75) is 13.0 Å². The van der Waals surface area contributed by atoms with Crippen LogP contribution in [0.3, 0.4) is 0 Å². The summed E-state index contributed by atoms with van der Waals surface area (Å²) in [5.41, 5.74) is 0.345. The Labute approximate surface area is 116 Å². The molecule has 0 saturated carbocycles. The van der Waals surface area contributed by atoms with Gasteiger partial charge in [-0.2, -0.15) is 0 Å². The van der Waals surface area contributed by atoms with Gasteiger partial charge in [-0.1, -0.05) is 24.3 Å². The molecule has 4 nitrogen and oxygen atoms in total. The van der Waals surface area contributed by atoms with E-state index in [0.717, 1.165) is 0 Å². The maximum absolute atomic E-state index is 13.7. The number of nitrogens with one attached hydrogen (secondary N) is 2. The third kappa shape index (κ3) is 2.61. The van der Waals surface area contributed by atoms with Crippen LogP contribution in [0.25, 0.3) is 10.8 Å². The molecule has 0 fully saturated rings. The van der Waals surface area contributed by atoms with Crippen molar-refractivity contribution < 1.29 is 14.0 Å². The molecule has 0 heterocycles. The van der Waals surface area contributed by atoms with Gasteiger partial charge in [0.1, 0.15) is 11.9 Å². The van der Waals surface area contributed by atoms with Crippen LogP contribution in [0.1, 0.15) is 17.3 Å². The second kappa shape index (κ2) is 5.69. The fourth-order valence-corrected chi connectivity index (χ4v) is 2.02. The van der Waals surface area contributed by atoms with Crippen molar-refractivity contribution in [2.75, 3.05) is 7.05 Å². The Morgan fingerprint density at radius 3 is 2.40 bits per heavy atom. The zero-order chi connectivity index (χ0) is 14.7. The van der Waals surface area contributed by atoms with Crippen molar-refractivity contribution in [3.8, 4) is 0 Å². The molecule has 2 aromatic carbocycles. The fraction of sp³-hybridized carbons (Fsp3) is 0.200. The Hall–Kier alpha value is -2.43. The third-order valence-electron chi connectivity index (χ3n) is 3.10. The van der Waals surface area contributed by atoms with E-state index in [4.69, 9.17) is 0 Å². The van der Waals surface area contributed by atoms with Gasteiger partial charge in [0.15, 0.2) is 0 Å². The Balaban J connectivity index is 2.36. The van der Waals surface area contributed by atoms with E-state index in [0.29, 0.717) is 16.3 Å². The summed E-state index contributed by atoms with van der Waals surface area (Å²) >= 11 is 0. The van der Waals surface area contributed by atoms with Gasteiger partial charge in [-0.25, -0.2) is 4.39 Å². The third-order valence-corrected chi connectivity index (χ3v) is 3.10. The van der Waals surface area contributed by atoms with Gasteiger partial charge in [-0.15, -0.1) is 0 Å². The van der Waals surface area contributed by atoms with Crippen LogP contribution in [-0.2, 0) is 4.79 Å². The van der Waals surface area contributed by atoms with E-state index in [1.165, 1.54) is 19.2 Å². The molecule has 0 spiro atoms. The monoisotopic (exact) mass is 274 g/mol. The second-order valence-corrected chi connectivity index (χ2v) is 4.45. The lowest BCUT2D eigenvalue weighted by atomic mass is 10.0. The molecule has 2 N–H and O–H groups in total. The van der Waals surface area contributed by atoms with Crippen molar-refractivity contribution >= 4 is 22.6 Å². The number of amides is 2. The molecule has 1 unspecified atom stereocenters. The Morgan fingerprint density at radius 1 is 1.10 bits per heavy atom. The van der Waals surface area contributed by atoms with E-state index >= 15 is 0 Å². The molecular formula is C15H15FN2O2. The first-order valence-electron chi connectivity index (χ1n) is 6.24. The summed E-state index contributed by atoms with van der Waals surface area (Å²) in [6, 6.07) is 8.75. The van der Waals surface area contributed by atoms with Crippen LogP contribution in [-0.4, -0.2) is 24.9 Å². The van der Waals surface area contributed by atoms with Crippen molar-refractivity contribution in [1.29, 1.82) is 0 Å². The number of hydrogen-bond donors (Lipinski definition) is 2. The SMILES string of the molecule is CNC(=O)C(C)NC(=O)c1ccc(F)c2ccccc12. The number of benzene rings is 2. The van der Waals surface area contributed by atoms with E-state index in [2.05, 4.69) is 10.6 Å². The molecule has 2 amide bonds. The maximum Gasteiger partial charge on any atom is 0.252 e. The molecule has 1 atom stereocenters. The average Bonchev–Trinajstić information content (AvgIpc) is 2.46. The number of carbonyl (C=O) groups is 2. The molecule has 2 aromatic rings. The molecule has 0 bridgehead atoms. The molecule has 0 aliphatic heterocycles. The first-order valence-corrected chi connectivity index (χ1v) is 6.24. The maximum atomic E-state index is 13.7. The van der Waals surface area contributed by atoms with Crippen LogP contribution in [0.5, 0.6) is 0 Å². The van der Waals surface area contributed by atoms with E-state index in [9.17, 15) is 14.0 Å². The summed E-state index contributed by atoms with van der Waals surface area (Å²) in [5.74, 6) is -1.07. The van der Waals surface area contributed by atoms with Crippen LogP contribution in [0.2, 0.25) is 0 Å². The van der Waals surface area contributed by atoms with Crippen LogP contribution >= 0.6 is 0 Å². The summed E-state index contributed by atoms with van der Waals surface area (Å²) in [5, 5.41) is 5.94. The van der Waals surface area contributed by atoms with E-state index in [1.54, 1.807) is 31.2 Å². The molecule has 5 heteroatoms. The summed E-state index contributed by atoms with van der Waals surface area (Å²) in [7, 11) is 1.50. The minimum absolute atomic E-state index is 0.287. The predicted molar refractivity (Wildman–Crippen MR) is 74.9 cm³/mol. The Morgan fingerprint density at radius 2 is 1.75 bits per heavy atom. The van der Waals surface area contributed by atoms with Gasteiger partial charge in [-0.3, -0.25) is 9.59 Å². The normalized spacial score (nSPS) is 11.9. The molecule has 0 radical (unpaired) electrons. The van der Waals surface area contributed by atoms with Crippen molar-refractivity contribution in [3.05, 3.63) is 47.8 Å². The summed E-state index contributed by atoms with van der Waals surface area (Å²) in [6.45, 7) is 1.59. The van der Waals surface area contributed by atoms with Crippen molar-refractivity contribution in [2.24, 2.45) is 0 Å². The van der Waals surface area contributed by atoms with Gasteiger partial charge in [0.2, 0.25) is 5.91 Å². The summed E-state index contributed by atoms with van der Waals surface area (Å²) < 4.78 is 13.7. The second-order valence-electron chi connectivity index (χ2n) is 4.45. The van der Waals surface area contributed by atoms with E-state index in [1.807, 2.05) is 0 Å². The van der Waals surface area contributed by atoms with Crippen LogP contribution in [0.4, 0.5) is 4.39 Å². The smallest absolute Gasteiger partial charge is 0.252 e. The minimum Gasteiger partial charge on any atom is -0.357 e. The quantitative estimate of drug-likeness (QED) is 0.897. The summed E-state index contributed by atoms with van der Waals surface area (Å²) in [6.07, 6.45) is 0. The van der Waals surface area contributed by atoms with Gasteiger partial charge in [-0.05, 0) is 24.4 Å².